The number of anilines is 2. The zero-order valence-electron chi connectivity index (χ0n) is 45.1. The van der Waals surface area contributed by atoms with Gasteiger partial charge in [-0.25, -0.2) is 0 Å². The molecular weight excluding hydrogens is 893 g/mol. The number of rotatable bonds is 36. The number of nitrogens with zero attached hydrogens (tertiary/aromatic N) is 2. The number of carbonyl (C=O) groups excluding carboxylic acids is 2. The predicted octanol–water partition coefficient (Wildman–Crippen LogP) is 20.1. The number of aryl methyl sites for hydroxylation is 2. The number of benzene rings is 2. The smallest absolute Gasteiger partial charge is 0.259 e. The summed E-state index contributed by atoms with van der Waals surface area (Å²) in [6.45, 7) is 15.0. The first-order valence-electron chi connectivity index (χ1n) is 29.2. The molecule has 6 rings (SSSR count). The Morgan fingerprint density at radius 1 is 0.414 bits per heavy atom. The molecule has 2 aliphatic heterocycles. The van der Waals surface area contributed by atoms with Crippen molar-refractivity contribution in [2.45, 2.75) is 234 Å². The molecule has 0 fully saturated rings. The molecule has 2 unspecified atom stereocenters. The number of hydrogen-bond acceptors (Lipinski definition) is 4. The van der Waals surface area contributed by atoms with E-state index in [1.54, 1.807) is 0 Å². The summed E-state index contributed by atoms with van der Waals surface area (Å²) in [4.78, 5) is 37.3. The van der Waals surface area contributed by atoms with Gasteiger partial charge in [0.1, 0.15) is 0 Å². The fraction of sp³-hybridized carbons (Fsp3) is 0.625. The van der Waals surface area contributed by atoms with Crippen molar-refractivity contribution in [3.63, 3.8) is 0 Å². The summed E-state index contributed by atoms with van der Waals surface area (Å²) in [5.74, 6) is 0.783. The molecule has 4 aromatic rings. The van der Waals surface area contributed by atoms with Crippen LogP contribution in [-0.2, 0) is 22.4 Å². The first-order valence-corrected chi connectivity index (χ1v) is 30.9. The Morgan fingerprint density at radius 3 is 1.10 bits per heavy atom. The van der Waals surface area contributed by atoms with Crippen molar-refractivity contribution in [2.75, 3.05) is 22.9 Å². The lowest BCUT2D eigenvalue weighted by Gasteiger charge is -2.24. The van der Waals surface area contributed by atoms with E-state index in [0.717, 1.165) is 97.8 Å². The van der Waals surface area contributed by atoms with Gasteiger partial charge in [-0.3, -0.25) is 9.59 Å². The van der Waals surface area contributed by atoms with Crippen LogP contribution in [0.15, 0.2) is 59.3 Å². The van der Waals surface area contributed by atoms with Gasteiger partial charge in [-0.2, -0.15) is 0 Å². The second-order valence-corrected chi connectivity index (χ2v) is 23.2. The summed E-state index contributed by atoms with van der Waals surface area (Å²) >= 11 is 3.64. The molecule has 70 heavy (non-hydrogen) atoms. The quantitative estimate of drug-likeness (QED) is 0.0337. The Morgan fingerprint density at radius 2 is 0.757 bits per heavy atom. The highest BCUT2D eigenvalue weighted by molar-refractivity contribution is 7.14. The number of unbranched alkanes of at least 4 members (excludes halogenated alkanes) is 20. The van der Waals surface area contributed by atoms with Crippen LogP contribution >= 0.6 is 22.7 Å². The zero-order chi connectivity index (χ0) is 49.5. The van der Waals surface area contributed by atoms with Gasteiger partial charge in [0.15, 0.2) is 0 Å². The van der Waals surface area contributed by atoms with Crippen LogP contribution in [0.5, 0.6) is 0 Å². The molecule has 0 radical (unpaired) electrons. The van der Waals surface area contributed by atoms with E-state index in [4.69, 9.17) is 0 Å². The number of fused-ring (bicyclic) bond motifs is 2. The van der Waals surface area contributed by atoms with Crippen LogP contribution < -0.4 is 9.80 Å². The van der Waals surface area contributed by atoms with Crippen molar-refractivity contribution < 1.29 is 9.59 Å². The maximum atomic E-state index is 15.4. The lowest BCUT2D eigenvalue weighted by molar-refractivity contribution is -0.114. The van der Waals surface area contributed by atoms with Gasteiger partial charge in [0.25, 0.3) is 11.8 Å². The van der Waals surface area contributed by atoms with Crippen LogP contribution in [-0.4, -0.2) is 24.9 Å². The molecule has 0 bridgehead atoms. The maximum Gasteiger partial charge on any atom is 0.259 e. The van der Waals surface area contributed by atoms with Gasteiger partial charge in [0.2, 0.25) is 0 Å². The van der Waals surface area contributed by atoms with Crippen LogP contribution in [0, 0.1) is 11.8 Å². The number of hydrogen-bond donors (Lipinski definition) is 0. The van der Waals surface area contributed by atoms with Gasteiger partial charge in [-0.15, -0.1) is 22.7 Å². The molecule has 2 aliphatic rings. The summed E-state index contributed by atoms with van der Waals surface area (Å²) in [6.07, 6.45) is 38.1. The minimum absolute atomic E-state index is 0.00981. The minimum Gasteiger partial charge on any atom is -0.307 e. The van der Waals surface area contributed by atoms with Crippen LogP contribution in [0.25, 0.3) is 32.0 Å². The SMILES string of the molecule is CCCCCCCCCCCCc1csc(-c2ccc3c(c2)C(=C2C(=O)N(CC(CC)CCCC)c4ccc(-c5cc(CCCCCCCCCCCC)cs5)cc42)C(=O)N3CC(CC)CCCC)c1. The Bertz CT molecular complexity index is 2060. The van der Waals surface area contributed by atoms with Gasteiger partial charge >= 0.3 is 0 Å². The van der Waals surface area contributed by atoms with E-state index in [2.05, 4.69) is 101 Å². The van der Waals surface area contributed by atoms with Crippen molar-refractivity contribution in [3.05, 3.63) is 81.5 Å². The molecule has 0 N–H and O–H groups in total. The Labute approximate surface area is 435 Å². The molecule has 2 amide bonds. The van der Waals surface area contributed by atoms with Crippen LogP contribution in [0.3, 0.4) is 0 Å². The second kappa shape index (κ2) is 30.5. The third-order valence-corrected chi connectivity index (χ3v) is 17.8. The summed E-state index contributed by atoms with van der Waals surface area (Å²) < 4.78 is 0. The van der Waals surface area contributed by atoms with Gasteiger partial charge in [-0.1, -0.05) is 208 Å². The molecule has 2 aromatic heterocycles. The minimum atomic E-state index is -0.00981. The molecule has 384 valence electrons. The van der Waals surface area contributed by atoms with Gasteiger partial charge in [0, 0.05) is 34.0 Å². The van der Waals surface area contributed by atoms with E-state index >= 15 is 9.59 Å². The van der Waals surface area contributed by atoms with Crippen molar-refractivity contribution in [3.8, 4) is 20.9 Å². The predicted molar refractivity (Wildman–Crippen MR) is 309 cm³/mol. The molecule has 0 spiro atoms. The largest absolute Gasteiger partial charge is 0.307 e. The average molecular weight is 988 g/mol. The lowest BCUT2D eigenvalue weighted by Crippen LogP contribution is -2.34. The maximum absolute atomic E-state index is 15.4. The highest BCUT2D eigenvalue weighted by Crippen LogP contribution is 2.50. The van der Waals surface area contributed by atoms with Crippen molar-refractivity contribution in [1.29, 1.82) is 0 Å². The van der Waals surface area contributed by atoms with Gasteiger partial charge in [-0.05, 0) is 120 Å². The standard InChI is InChI=1S/C64H94N2O2S2/c1-7-13-17-19-21-23-25-27-29-31-35-51-41-59(69-47-51)53-37-39-57-55(43-53)61(63(67)65(57)45-49(11-5)33-15-9-3)62-56-44-54(38-40-58(56)66(64(62)68)46-50(12-6)34-16-10-4)60-42-52(48-70-60)36-32-30-28-26-24-22-20-18-14-8-2/h37-44,47-50H,7-36,45-46H2,1-6H3. The highest BCUT2D eigenvalue weighted by atomic mass is 32.1. The molecule has 0 saturated heterocycles. The number of thiophene rings is 2. The molecule has 4 heterocycles. The molecule has 0 aliphatic carbocycles. The zero-order valence-corrected chi connectivity index (χ0v) is 46.7. The van der Waals surface area contributed by atoms with E-state index in [9.17, 15) is 0 Å². The Hall–Kier alpha value is -3.48. The normalized spacial score (nSPS) is 15.4. The first-order chi connectivity index (χ1) is 34.3. The Balaban J connectivity index is 1.28. The van der Waals surface area contributed by atoms with Crippen molar-refractivity contribution >= 4 is 57.0 Å². The molecule has 6 heteroatoms. The van der Waals surface area contributed by atoms with Gasteiger partial charge in [0.05, 0.1) is 22.5 Å². The lowest BCUT2D eigenvalue weighted by atomic mass is 9.94. The molecule has 2 atom stereocenters. The van der Waals surface area contributed by atoms with E-state index in [1.807, 2.05) is 32.5 Å². The monoisotopic (exact) mass is 987 g/mol. The molecular formula is C64H94N2O2S2. The van der Waals surface area contributed by atoms with E-state index in [1.165, 1.54) is 149 Å². The summed E-state index contributed by atoms with van der Waals surface area (Å²) in [6, 6.07) is 18.1. The van der Waals surface area contributed by atoms with Crippen LogP contribution in [0.2, 0.25) is 0 Å². The van der Waals surface area contributed by atoms with E-state index in [-0.39, 0.29) is 11.8 Å². The third-order valence-electron chi connectivity index (χ3n) is 15.8. The van der Waals surface area contributed by atoms with Crippen molar-refractivity contribution in [2.24, 2.45) is 11.8 Å². The van der Waals surface area contributed by atoms with Gasteiger partial charge < -0.3 is 9.80 Å². The topological polar surface area (TPSA) is 40.6 Å². The molecule has 2 aromatic carbocycles. The summed E-state index contributed by atoms with van der Waals surface area (Å²) in [5.41, 5.74) is 10.1. The first kappa shape index (κ1) is 55.8. The van der Waals surface area contributed by atoms with Crippen LogP contribution in [0.4, 0.5) is 11.4 Å². The molecule has 0 saturated carbocycles. The fourth-order valence-electron chi connectivity index (χ4n) is 11.1. The van der Waals surface area contributed by atoms with Crippen molar-refractivity contribution in [1.82, 2.24) is 0 Å². The van der Waals surface area contributed by atoms with E-state index < -0.39 is 0 Å². The highest BCUT2D eigenvalue weighted by Gasteiger charge is 2.43. The van der Waals surface area contributed by atoms with Crippen LogP contribution in [0.1, 0.15) is 244 Å². The second-order valence-electron chi connectivity index (χ2n) is 21.4. The third kappa shape index (κ3) is 15.8. The van der Waals surface area contributed by atoms with E-state index in [0.29, 0.717) is 36.1 Å². The average Bonchev–Trinajstić information content (AvgIpc) is 4.17. The number of amides is 2. The summed E-state index contributed by atoms with van der Waals surface area (Å²) in [5, 5.41) is 4.69. The fourth-order valence-corrected chi connectivity index (χ4v) is 13.0. The number of carbonyl (C=O) groups is 2. The Kier molecular flexibility index (Phi) is 24.3. The molecule has 4 nitrogen and oxygen atoms in total. The summed E-state index contributed by atoms with van der Waals surface area (Å²) in [7, 11) is 0.